The number of carbonyl (C=O) groups excluding carboxylic acids is 1. The molecule has 130 valence electrons. The third-order valence-corrected chi connectivity index (χ3v) is 6.38. The molecule has 2 aromatic rings. The Bertz CT molecular complexity index is 801. The van der Waals surface area contributed by atoms with E-state index in [4.69, 9.17) is 4.74 Å². The summed E-state index contributed by atoms with van der Waals surface area (Å²) >= 11 is 1.10. The van der Waals surface area contributed by atoms with Crippen LogP contribution in [0.3, 0.4) is 0 Å². The summed E-state index contributed by atoms with van der Waals surface area (Å²) in [6, 6.07) is 8.51. The van der Waals surface area contributed by atoms with Crippen LogP contribution >= 0.6 is 11.3 Å². The molecule has 24 heavy (non-hydrogen) atoms. The van der Waals surface area contributed by atoms with E-state index in [0.29, 0.717) is 10.6 Å². The first kappa shape index (κ1) is 18.4. The van der Waals surface area contributed by atoms with E-state index < -0.39 is 10.0 Å². The van der Waals surface area contributed by atoms with Crippen molar-refractivity contribution in [3.63, 3.8) is 0 Å². The van der Waals surface area contributed by atoms with E-state index in [9.17, 15) is 17.6 Å². The molecule has 0 aliphatic rings. The van der Waals surface area contributed by atoms with Crippen molar-refractivity contribution in [1.82, 2.24) is 9.62 Å². The molecule has 0 atom stereocenters. The Balaban J connectivity index is 1.84. The fraction of sp³-hybridized carbons (Fsp3) is 0.267. The molecule has 9 heteroatoms. The number of hydrogen-bond donors (Lipinski definition) is 1. The number of carbonyl (C=O) groups is 1. The van der Waals surface area contributed by atoms with Crippen LogP contribution in [-0.2, 0) is 21.4 Å². The minimum Gasteiger partial charge on any atom is -0.484 e. The first-order valence-electron chi connectivity index (χ1n) is 6.95. The molecule has 0 saturated carbocycles. The number of amides is 1. The number of nitrogens with one attached hydrogen (secondary N) is 1. The van der Waals surface area contributed by atoms with Crippen LogP contribution in [0, 0.1) is 5.82 Å². The first-order valence-corrected chi connectivity index (χ1v) is 9.21. The zero-order valence-corrected chi connectivity index (χ0v) is 14.8. The van der Waals surface area contributed by atoms with Crippen LogP contribution < -0.4 is 10.1 Å². The molecule has 0 unspecified atom stereocenters. The van der Waals surface area contributed by atoms with Crippen molar-refractivity contribution >= 4 is 27.3 Å². The topological polar surface area (TPSA) is 75.7 Å². The van der Waals surface area contributed by atoms with Crippen molar-refractivity contribution in [2.45, 2.75) is 10.8 Å². The molecule has 0 aliphatic heterocycles. The second-order valence-corrected chi connectivity index (χ2v) is 8.57. The summed E-state index contributed by atoms with van der Waals surface area (Å²) in [5.74, 6) is -0.347. The normalized spacial score (nSPS) is 11.5. The van der Waals surface area contributed by atoms with Gasteiger partial charge in [-0.25, -0.2) is 17.1 Å². The van der Waals surface area contributed by atoms with E-state index in [1.165, 1.54) is 44.4 Å². The Labute approximate surface area is 143 Å². The maximum absolute atomic E-state index is 12.8. The average molecular weight is 372 g/mol. The summed E-state index contributed by atoms with van der Waals surface area (Å²) in [4.78, 5) is 12.5. The molecule has 0 bridgehead atoms. The molecular weight excluding hydrogens is 355 g/mol. The fourth-order valence-electron chi connectivity index (χ4n) is 1.69. The lowest BCUT2D eigenvalue weighted by Gasteiger charge is -2.08. The van der Waals surface area contributed by atoms with E-state index in [0.717, 1.165) is 15.6 Å². The Hall–Kier alpha value is -1.97. The van der Waals surface area contributed by atoms with Crippen LogP contribution in [-0.4, -0.2) is 39.3 Å². The molecule has 1 aromatic carbocycles. The van der Waals surface area contributed by atoms with E-state index in [-0.39, 0.29) is 29.1 Å². The van der Waals surface area contributed by atoms with Crippen LogP contribution in [0.2, 0.25) is 0 Å². The van der Waals surface area contributed by atoms with Crippen molar-refractivity contribution in [2.75, 3.05) is 20.7 Å². The molecule has 0 fully saturated rings. The van der Waals surface area contributed by atoms with Gasteiger partial charge >= 0.3 is 0 Å². The summed E-state index contributed by atoms with van der Waals surface area (Å²) in [5, 5.41) is 2.64. The van der Waals surface area contributed by atoms with Gasteiger partial charge in [0.25, 0.3) is 15.9 Å². The molecule has 0 aliphatic carbocycles. The van der Waals surface area contributed by atoms with E-state index in [2.05, 4.69) is 5.32 Å². The van der Waals surface area contributed by atoms with Gasteiger partial charge in [-0.2, -0.15) is 0 Å². The van der Waals surface area contributed by atoms with Gasteiger partial charge in [0.05, 0.1) is 6.54 Å². The standard InChI is InChI=1S/C15H17FN2O4S2/c1-18(2)24(20,21)15-8-7-13(23-15)9-17-14(19)10-22-12-5-3-11(16)4-6-12/h3-8H,9-10H2,1-2H3,(H,17,19). The number of thiophene rings is 1. The van der Waals surface area contributed by atoms with Gasteiger partial charge in [0.2, 0.25) is 0 Å². The molecule has 2 rings (SSSR count). The summed E-state index contributed by atoms with van der Waals surface area (Å²) in [5.41, 5.74) is 0. The quantitative estimate of drug-likeness (QED) is 0.805. The number of hydrogen-bond acceptors (Lipinski definition) is 5. The summed E-state index contributed by atoms with van der Waals surface area (Å²) < 4.78 is 43.3. The number of sulfonamides is 1. The van der Waals surface area contributed by atoms with E-state index in [1.54, 1.807) is 6.07 Å². The Kier molecular flexibility index (Phi) is 5.92. The third-order valence-electron chi connectivity index (χ3n) is 3.02. The fourth-order valence-corrected chi connectivity index (χ4v) is 4.15. The number of rotatable bonds is 7. The van der Waals surface area contributed by atoms with Crippen molar-refractivity contribution < 1.29 is 22.3 Å². The van der Waals surface area contributed by atoms with Gasteiger partial charge in [0.1, 0.15) is 15.8 Å². The van der Waals surface area contributed by atoms with Crippen molar-refractivity contribution in [3.8, 4) is 5.75 Å². The molecule has 6 nitrogen and oxygen atoms in total. The highest BCUT2D eigenvalue weighted by Gasteiger charge is 2.19. The second-order valence-electron chi connectivity index (χ2n) is 5.03. The van der Waals surface area contributed by atoms with Crippen LogP contribution in [0.4, 0.5) is 4.39 Å². The smallest absolute Gasteiger partial charge is 0.258 e. The van der Waals surface area contributed by atoms with Gasteiger partial charge in [0, 0.05) is 19.0 Å². The molecule has 0 radical (unpaired) electrons. The third kappa shape index (κ3) is 4.76. The number of ether oxygens (including phenoxy) is 1. The highest BCUT2D eigenvalue weighted by Crippen LogP contribution is 2.23. The van der Waals surface area contributed by atoms with Crippen LogP contribution in [0.15, 0.2) is 40.6 Å². The zero-order valence-electron chi connectivity index (χ0n) is 13.2. The molecule has 1 heterocycles. The predicted molar refractivity (Wildman–Crippen MR) is 88.9 cm³/mol. The number of halogens is 1. The van der Waals surface area contributed by atoms with E-state index >= 15 is 0 Å². The lowest BCUT2D eigenvalue weighted by Crippen LogP contribution is -2.28. The minimum atomic E-state index is -3.46. The van der Waals surface area contributed by atoms with Crippen LogP contribution in [0.5, 0.6) is 5.75 Å². The summed E-state index contributed by atoms with van der Waals surface area (Å²) in [7, 11) is -0.537. The van der Waals surface area contributed by atoms with Gasteiger partial charge < -0.3 is 10.1 Å². The van der Waals surface area contributed by atoms with Gasteiger partial charge in [-0.05, 0) is 36.4 Å². The molecular formula is C15H17FN2O4S2. The first-order chi connectivity index (χ1) is 11.3. The monoisotopic (exact) mass is 372 g/mol. The Morgan fingerprint density at radius 1 is 1.21 bits per heavy atom. The lowest BCUT2D eigenvalue weighted by atomic mass is 10.3. The highest BCUT2D eigenvalue weighted by atomic mass is 32.2. The van der Waals surface area contributed by atoms with Crippen molar-refractivity contribution in [1.29, 1.82) is 0 Å². The lowest BCUT2D eigenvalue weighted by molar-refractivity contribution is -0.123. The van der Waals surface area contributed by atoms with Crippen LogP contribution in [0.1, 0.15) is 4.88 Å². The Morgan fingerprint density at radius 3 is 2.50 bits per heavy atom. The van der Waals surface area contributed by atoms with Crippen molar-refractivity contribution in [3.05, 3.63) is 47.1 Å². The maximum Gasteiger partial charge on any atom is 0.258 e. The maximum atomic E-state index is 12.8. The second kappa shape index (κ2) is 7.73. The minimum absolute atomic E-state index is 0.208. The highest BCUT2D eigenvalue weighted by molar-refractivity contribution is 7.91. The predicted octanol–water partition coefficient (Wildman–Crippen LogP) is 1.83. The molecule has 1 aromatic heterocycles. The van der Waals surface area contributed by atoms with Crippen molar-refractivity contribution in [2.24, 2.45) is 0 Å². The van der Waals surface area contributed by atoms with Gasteiger partial charge in [-0.15, -0.1) is 11.3 Å². The Morgan fingerprint density at radius 2 is 1.88 bits per heavy atom. The van der Waals surface area contributed by atoms with E-state index in [1.807, 2.05) is 0 Å². The van der Waals surface area contributed by atoms with Gasteiger partial charge in [-0.1, -0.05) is 0 Å². The molecule has 1 amide bonds. The number of benzene rings is 1. The number of nitrogens with zero attached hydrogens (tertiary/aromatic N) is 1. The largest absolute Gasteiger partial charge is 0.484 e. The summed E-state index contributed by atoms with van der Waals surface area (Å²) in [6.07, 6.45) is 0. The van der Waals surface area contributed by atoms with Gasteiger partial charge in [0.15, 0.2) is 6.61 Å². The molecule has 0 saturated heterocycles. The average Bonchev–Trinajstić information content (AvgIpc) is 3.02. The molecule has 0 spiro atoms. The molecule has 1 N–H and O–H groups in total. The zero-order chi connectivity index (χ0) is 17.7. The SMILES string of the molecule is CN(C)S(=O)(=O)c1ccc(CNC(=O)COc2ccc(F)cc2)s1. The van der Waals surface area contributed by atoms with Gasteiger partial charge in [-0.3, -0.25) is 4.79 Å². The van der Waals surface area contributed by atoms with Crippen LogP contribution in [0.25, 0.3) is 0 Å². The summed E-state index contributed by atoms with van der Waals surface area (Å²) in [6.45, 7) is -0.000905.